The van der Waals surface area contributed by atoms with E-state index in [4.69, 9.17) is 0 Å². The van der Waals surface area contributed by atoms with Crippen molar-refractivity contribution in [3.05, 3.63) is 35.4 Å². The molecule has 0 saturated carbocycles. The Hall–Kier alpha value is -1.84. The Morgan fingerprint density at radius 1 is 1.19 bits per heavy atom. The molecule has 1 aromatic rings. The van der Waals surface area contributed by atoms with Gasteiger partial charge in [0.05, 0.1) is 11.5 Å². The average Bonchev–Trinajstić information content (AvgIpc) is 2.45. The third-order valence-corrected chi connectivity index (χ3v) is 4.26. The van der Waals surface area contributed by atoms with Crippen LogP contribution in [0.5, 0.6) is 0 Å². The second-order valence-corrected chi connectivity index (χ2v) is 5.67. The summed E-state index contributed by atoms with van der Waals surface area (Å²) >= 11 is 0. The van der Waals surface area contributed by atoms with Crippen LogP contribution in [-0.2, 0) is 9.59 Å². The van der Waals surface area contributed by atoms with Crippen molar-refractivity contribution in [3.8, 4) is 0 Å². The minimum Gasteiger partial charge on any atom is -0.481 e. The number of rotatable bonds is 7. The molecule has 1 atom stereocenters. The Labute approximate surface area is 126 Å². The molecule has 0 aliphatic carbocycles. The molecule has 116 valence electrons. The molecule has 0 aliphatic heterocycles. The van der Waals surface area contributed by atoms with E-state index in [0.29, 0.717) is 12.8 Å². The third-order valence-electron chi connectivity index (χ3n) is 4.26. The van der Waals surface area contributed by atoms with Crippen LogP contribution in [0, 0.1) is 12.3 Å². The standard InChI is InChI=1S/C17H25NO3/c1-5-17(6-2,16(20)21)11-15(19)18-13(4)14-9-7-12(3)8-10-14/h7-10,13H,5-6,11H2,1-4H3,(H,18,19)(H,20,21)/t13-/m0/s1. The van der Waals surface area contributed by atoms with Gasteiger partial charge in [-0.1, -0.05) is 43.7 Å². The largest absolute Gasteiger partial charge is 0.481 e. The number of carboxylic acids is 1. The fourth-order valence-electron chi connectivity index (χ4n) is 2.42. The van der Waals surface area contributed by atoms with E-state index in [-0.39, 0.29) is 18.4 Å². The molecule has 0 fully saturated rings. The van der Waals surface area contributed by atoms with Crippen LogP contribution in [0.1, 0.15) is 57.2 Å². The maximum absolute atomic E-state index is 12.2. The van der Waals surface area contributed by atoms with Crippen molar-refractivity contribution in [2.75, 3.05) is 0 Å². The Balaban J connectivity index is 2.72. The van der Waals surface area contributed by atoms with Gasteiger partial charge in [-0.3, -0.25) is 9.59 Å². The lowest BCUT2D eigenvalue weighted by Gasteiger charge is -2.26. The van der Waals surface area contributed by atoms with Crippen molar-refractivity contribution in [2.24, 2.45) is 5.41 Å². The number of aliphatic carboxylic acids is 1. The van der Waals surface area contributed by atoms with Crippen molar-refractivity contribution in [1.29, 1.82) is 0 Å². The molecular weight excluding hydrogens is 266 g/mol. The van der Waals surface area contributed by atoms with Gasteiger partial charge in [-0.15, -0.1) is 0 Å². The molecule has 0 aromatic heterocycles. The first kappa shape index (κ1) is 17.2. The lowest BCUT2D eigenvalue weighted by Crippen LogP contribution is -2.37. The summed E-state index contributed by atoms with van der Waals surface area (Å²) < 4.78 is 0. The molecule has 1 rings (SSSR count). The molecule has 0 bridgehead atoms. The van der Waals surface area contributed by atoms with Gasteiger partial charge in [0.2, 0.25) is 5.91 Å². The highest BCUT2D eigenvalue weighted by Gasteiger charge is 2.37. The average molecular weight is 291 g/mol. The molecule has 1 aromatic carbocycles. The Bertz CT molecular complexity index is 489. The molecule has 0 aliphatic rings. The van der Waals surface area contributed by atoms with E-state index in [1.54, 1.807) is 0 Å². The number of nitrogens with one attached hydrogen (secondary N) is 1. The minimum atomic E-state index is -0.961. The molecule has 1 amide bonds. The normalized spacial score (nSPS) is 12.8. The van der Waals surface area contributed by atoms with E-state index in [1.165, 1.54) is 5.56 Å². The summed E-state index contributed by atoms with van der Waals surface area (Å²) in [5.41, 5.74) is 1.22. The van der Waals surface area contributed by atoms with Gasteiger partial charge in [0.25, 0.3) is 0 Å². The van der Waals surface area contributed by atoms with Gasteiger partial charge in [0, 0.05) is 6.42 Å². The van der Waals surface area contributed by atoms with Crippen molar-refractivity contribution in [3.63, 3.8) is 0 Å². The first-order valence-electron chi connectivity index (χ1n) is 7.44. The minimum absolute atomic E-state index is 0.0194. The van der Waals surface area contributed by atoms with E-state index in [1.807, 2.05) is 52.0 Å². The Kier molecular flexibility index (Phi) is 5.94. The molecular formula is C17H25NO3. The van der Waals surface area contributed by atoms with E-state index in [0.717, 1.165) is 5.56 Å². The summed E-state index contributed by atoms with van der Waals surface area (Å²) in [5, 5.41) is 12.3. The zero-order valence-corrected chi connectivity index (χ0v) is 13.3. The second-order valence-electron chi connectivity index (χ2n) is 5.67. The van der Waals surface area contributed by atoms with Crippen molar-refractivity contribution in [2.45, 2.75) is 53.0 Å². The Morgan fingerprint density at radius 2 is 1.71 bits per heavy atom. The van der Waals surface area contributed by atoms with Gasteiger partial charge in [-0.2, -0.15) is 0 Å². The van der Waals surface area contributed by atoms with Crippen molar-refractivity contribution in [1.82, 2.24) is 5.32 Å². The number of benzene rings is 1. The number of carbonyl (C=O) groups excluding carboxylic acids is 1. The zero-order chi connectivity index (χ0) is 16.0. The predicted molar refractivity (Wildman–Crippen MR) is 83.0 cm³/mol. The summed E-state index contributed by atoms with van der Waals surface area (Å²) in [5.74, 6) is -1.11. The number of hydrogen-bond donors (Lipinski definition) is 2. The maximum Gasteiger partial charge on any atom is 0.310 e. The summed E-state index contributed by atoms with van der Waals surface area (Å²) in [6.07, 6.45) is 0.919. The summed E-state index contributed by atoms with van der Waals surface area (Å²) in [4.78, 5) is 23.6. The monoisotopic (exact) mass is 291 g/mol. The van der Waals surface area contributed by atoms with Crippen LogP contribution >= 0.6 is 0 Å². The van der Waals surface area contributed by atoms with Crippen LogP contribution in [0.4, 0.5) is 0 Å². The summed E-state index contributed by atoms with van der Waals surface area (Å²) in [7, 11) is 0. The number of carboxylic acid groups (broad SMARTS) is 1. The van der Waals surface area contributed by atoms with Gasteiger partial charge < -0.3 is 10.4 Å². The van der Waals surface area contributed by atoms with E-state index in [9.17, 15) is 14.7 Å². The number of carbonyl (C=O) groups is 2. The van der Waals surface area contributed by atoms with Gasteiger partial charge in [0.15, 0.2) is 0 Å². The summed E-state index contributed by atoms with van der Waals surface area (Å²) in [6.45, 7) is 7.54. The molecule has 4 heteroatoms. The lowest BCUT2D eigenvalue weighted by atomic mass is 9.79. The second kappa shape index (κ2) is 7.25. The number of aryl methyl sites for hydroxylation is 1. The van der Waals surface area contributed by atoms with Crippen LogP contribution < -0.4 is 5.32 Å². The first-order valence-corrected chi connectivity index (χ1v) is 7.44. The molecule has 0 radical (unpaired) electrons. The van der Waals surface area contributed by atoms with E-state index in [2.05, 4.69) is 5.32 Å². The van der Waals surface area contributed by atoms with E-state index < -0.39 is 11.4 Å². The molecule has 0 saturated heterocycles. The van der Waals surface area contributed by atoms with Crippen molar-refractivity contribution < 1.29 is 14.7 Å². The van der Waals surface area contributed by atoms with Crippen LogP contribution in [0.15, 0.2) is 24.3 Å². The zero-order valence-electron chi connectivity index (χ0n) is 13.3. The lowest BCUT2D eigenvalue weighted by molar-refractivity contribution is -0.152. The van der Waals surface area contributed by atoms with Gasteiger partial charge in [-0.05, 0) is 32.3 Å². The predicted octanol–water partition coefficient (Wildman–Crippen LogP) is 3.45. The van der Waals surface area contributed by atoms with Crippen LogP contribution in [0.3, 0.4) is 0 Å². The molecule has 0 heterocycles. The SMILES string of the molecule is CCC(CC)(CC(=O)N[C@@H](C)c1ccc(C)cc1)C(=O)O. The maximum atomic E-state index is 12.2. The quantitative estimate of drug-likeness (QED) is 0.808. The number of hydrogen-bond acceptors (Lipinski definition) is 2. The fourth-order valence-corrected chi connectivity index (χ4v) is 2.42. The van der Waals surface area contributed by atoms with E-state index >= 15 is 0 Å². The Morgan fingerprint density at radius 3 is 2.14 bits per heavy atom. The first-order chi connectivity index (χ1) is 9.84. The fraction of sp³-hybridized carbons (Fsp3) is 0.529. The van der Waals surface area contributed by atoms with Gasteiger partial charge in [-0.25, -0.2) is 0 Å². The van der Waals surface area contributed by atoms with Gasteiger partial charge in [0.1, 0.15) is 0 Å². The molecule has 0 unspecified atom stereocenters. The van der Waals surface area contributed by atoms with Crippen LogP contribution in [0.25, 0.3) is 0 Å². The summed E-state index contributed by atoms with van der Waals surface area (Å²) in [6, 6.07) is 7.82. The molecule has 21 heavy (non-hydrogen) atoms. The third kappa shape index (κ3) is 4.31. The van der Waals surface area contributed by atoms with Crippen LogP contribution in [0.2, 0.25) is 0 Å². The number of amides is 1. The molecule has 4 nitrogen and oxygen atoms in total. The highest BCUT2D eigenvalue weighted by atomic mass is 16.4. The van der Waals surface area contributed by atoms with Crippen LogP contribution in [-0.4, -0.2) is 17.0 Å². The highest BCUT2D eigenvalue weighted by molar-refractivity contribution is 5.85. The molecule has 2 N–H and O–H groups in total. The van der Waals surface area contributed by atoms with Crippen molar-refractivity contribution >= 4 is 11.9 Å². The highest BCUT2D eigenvalue weighted by Crippen LogP contribution is 2.31. The molecule has 0 spiro atoms. The van der Waals surface area contributed by atoms with Gasteiger partial charge >= 0.3 is 5.97 Å². The smallest absolute Gasteiger partial charge is 0.310 e. The topological polar surface area (TPSA) is 66.4 Å².